The van der Waals surface area contributed by atoms with Crippen LogP contribution in [0.15, 0.2) is 17.2 Å². The zero-order chi connectivity index (χ0) is 14.8. The molecule has 0 bridgehead atoms. The van der Waals surface area contributed by atoms with Crippen LogP contribution in [0.5, 0.6) is 0 Å². The van der Waals surface area contributed by atoms with E-state index in [1.54, 1.807) is 17.0 Å². The molecule has 4 heteroatoms. The van der Waals surface area contributed by atoms with Crippen molar-refractivity contribution in [3.8, 4) is 0 Å². The summed E-state index contributed by atoms with van der Waals surface area (Å²) in [5.41, 5.74) is 0.0550. The minimum Gasteiger partial charge on any atom is -0.365 e. The molecule has 1 aromatic heterocycles. The van der Waals surface area contributed by atoms with Crippen molar-refractivity contribution in [2.45, 2.75) is 65.3 Å². The quantitative estimate of drug-likeness (QED) is 0.921. The molecule has 0 saturated heterocycles. The topological polar surface area (TPSA) is 46.9 Å². The molecule has 1 aliphatic rings. The van der Waals surface area contributed by atoms with Crippen LogP contribution in [-0.4, -0.2) is 16.1 Å². The maximum Gasteiger partial charge on any atom is 0.293 e. The molecule has 20 heavy (non-hydrogen) atoms. The van der Waals surface area contributed by atoms with Crippen LogP contribution in [0.25, 0.3) is 0 Å². The van der Waals surface area contributed by atoms with E-state index in [2.05, 4.69) is 17.2 Å². The Morgan fingerprint density at radius 3 is 2.55 bits per heavy atom. The van der Waals surface area contributed by atoms with Crippen molar-refractivity contribution in [1.82, 2.24) is 9.55 Å². The van der Waals surface area contributed by atoms with Gasteiger partial charge in [-0.15, -0.1) is 0 Å². The summed E-state index contributed by atoms with van der Waals surface area (Å²) in [7, 11) is 0. The Bertz CT molecular complexity index is 507. The van der Waals surface area contributed by atoms with Crippen molar-refractivity contribution in [2.24, 2.45) is 5.41 Å². The molecule has 4 nitrogen and oxygen atoms in total. The molecule has 0 spiro atoms. The Hall–Kier alpha value is -1.32. The fraction of sp³-hybridized carbons (Fsp3) is 0.750. The van der Waals surface area contributed by atoms with Gasteiger partial charge in [0.15, 0.2) is 5.82 Å². The highest BCUT2D eigenvalue weighted by Gasteiger charge is 2.27. The van der Waals surface area contributed by atoms with Crippen LogP contribution in [0.2, 0.25) is 0 Å². The van der Waals surface area contributed by atoms with E-state index >= 15 is 0 Å². The molecule has 1 N–H and O–H groups in total. The van der Waals surface area contributed by atoms with Gasteiger partial charge < -0.3 is 9.88 Å². The average molecular weight is 277 g/mol. The van der Waals surface area contributed by atoms with Crippen molar-refractivity contribution in [1.29, 1.82) is 0 Å². The predicted molar refractivity (Wildman–Crippen MR) is 83.2 cm³/mol. The lowest BCUT2D eigenvalue weighted by atomic mass is 9.76. The summed E-state index contributed by atoms with van der Waals surface area (Å²) in [5.74, 6) is 0.481. The monoisotopic (exact) mass is 277 g/mol. The van der Waals surface area contributed by atoms with E-state index in [0.29, 0.717) is 11.2 Å². The number of hydrogen-bond acceptors (Lipinski definition) is 3. The Kier molecular flexibility index (Phi) is 4.21. The van der Waals surface area contributed by atoms with Crippen LogP contribution in [-0.2, 0) is 5.54 Å². The lowest BCUT2D eigenvalue weighted by molar-refractivity contribution is 0.233. The standard InChI is InChI=1S/C16H27N3O/c1-15(2,3)19-11-10-17-13(14(19)20)18-12-16(4)8-6-5-7-9-16/h10-11H,5-9,12H2,1-4H3,(H,17,18). The number of rotatable bonds is 3. The molecular weight excluding hydrogens is 250 g/mol. The van der Waals surface area contributed by atoms with Crippen LogP contribution in [0.1, 0.15) is 59.8 Å². The third-order valence-corrected chi connectivity index (χ3v) is 4.31. The summed E-state index contributed by atoms with van der Waals surface area (Å²) in [6.45, 7) is 9.23. The SMILES string of the molecule is CC1(CNc2nccn(C(C)(C)C)c2=O)CCCCC1. The minimum atomic E-state index is -0.217. The number of hydrogen-bond donors (Lipinski definition) is 1. The van der Waals surface area contributed by atoms with Gasteiger partial charge in [-0.1, -0.05) is 26.2 Å². The van der Waals surface area contributed by atoms with E-state index in [1.807, 2.05) is 20.8 Å². The van der Waals surface area contributed by atoms with Crippen molar-refractivity contribution < 1.29 is 0 Å². The number of nitrogens with one attached hydrogen (secondary N) is 1. The average Bonchev–Trinajstić information content (AvgIpc) is 2.37. The summed E-state index contributed by atoms with van der Waals surface area (Å²) in [6, 6.07) is 0. The Morgan fingerprint density at radius 1 is 1.30 bits per heavy atom. The number of nitrogens with zero attached hydrogens (tertiary/aromatic N) is 2. The van der Waals surface area contributed by atoms with Gasteiger partial charge in [0.2, 0.25) is 0 Å². The Morgan fingerprint density at radius 2 is 1.95 bits per heavy atom. The number of aromatic nitrogens is 2. The van der Waals surface area contributed by atoms with Crippen molar-refractivity contribution in [3.63, 3.8) is 0 Å². The Labute approximate surface area is 121 Å². The summed E-state index contributed by atoms with van der Waals surface area (Å²) in [4.78, 5) is 16.7. The van der Waals surface area contributed by atoms with Crippen LogP contribution in [0.3, 0.4) is 0 Å². The van der Waals surface area contributed by atoms with Crippen molar-refractivity contribution >= 4 is 5.82 Å². The largest absolute Gasteiger partial charge is 0.365 e. The van der Waals surface area contributed by atoms with Gasteiger partial charge in [-0.05, 0) is 39.0 Å². The van der Waals surface area contributed by atoms with E-state index < -0.39 is 0 Å². The van der Waals surface area contributed by atoms with Gasteiger partial charge in [-0.25, -0.2) is 4.98 Å². The lowest BCUT2D eigenvalue weighted by Gasteiger charge is -2.33. The van der Waals surface area contributed by atoms with Gasteiger partial charge in [0.05, 0.1) is 0 Å². The molecule has 0 radical (unpaired) electrons. The summed E-state index contributed by atoms with van der Waals surface area (Å²) >= 11 is 0. The fourth-order valence-electron chi connectivity index (χ4n) is 2.94. The summed E-state index contributed by atoms with van der Waals surface area (Å²) in [5, 5.41) is 3.29. The zero-order valence-corrected chi connectivity index (χ0v) is 13.2. The molecule has 0 aromatic carbocycles. The lowest BCUT2D eigenvalue weighted by Crippen LogP contribution is -2.37. The highest BCUT2D eigenvalue weighted by molar-refractivity contribution is 5.31. The van der Waals surface area contributed by atoms with Crippen LogP contribution >= 0.6 is 0 Å². The van der Waals surface area contributed by atoms with Gasteiger partial charge in [-0.3, -0.25) is 4.79 Å². The molecular formula is C16H27N3O. The molecule has 0 atom stereocenters. The maximum absolute atomic E-state index is 12.4. The Balaban J connectivity index is 2.12. The van der Waals surface area contributed by atoms with Crippen LogP contribution < -0.4 is 10.9 Å². The van der Waals surface area contributed by atoms with Gasteiger partial charge in [0.25, 0.3) is 5.56 Å². The molecule has 112 valence electrons. The van der Waals surface area contributed by atoms with Gasteiger partial charge in [-0.2, -0.15) is 0 Å². The maximum atomic E-state index is 12.4. The van der Waals surface area contributed by atoms with E-state index in [4.69, 9.17) is 0 Å². The highest BCUT2D eigenvalue weighted by atomic mass is 16.1. The first-order chi connectivity index (χ1) is 9.32. The molecule has 1 aromatic rings. The van der Waals surface area contributed by atoms with Gasteiger partial charge in [0.1, 0.15) is 0 Å². The van der Waals surface area contributed by atoms with Gasteiger partial charge in [0, 0.05) is 24.5 Å². The molecule has 1 saturated carbocycles. The second-order valence-electron chi connectivity index (χ2n) is 7.35. The third kappa shape index (κ3) is 3.41. The van der Waals surface area contributed by atoms with E-state index in [0.717, 1.165) is 6.54 Å². The van der Waals surface area contributed by atoms with Crippen molar-refractivity contribution in [3.05, 3.63) is 22.7 Å². The molecule has 1 heterocycles. The predicted octanol–water partition coefficient (Wildman–Crippen LogP) is 3.38. The number of anilines is 1. The molecule has 1 fully saturated rings. The first kappa shape index (κ1) is 15.1. The van der Waals surface area contributed by atoms with Crippen LogP contribution in [0.4, 0.5) is 5.82 Å². The summed E-state index contributed by atoms with van der Waals surface area (Å²) < 4.78 is 1.74. The minimum absolute atomic E-state index is 0.0283. The molecule has 2 rings (SSSR count). The first-order valence-corrected chi connectivity index (χ1v) is 7.64. The molecule has 0 aliphatic heterocycles. The van der Waals surface area contributed by atoms with Gasteiger partial charge >= 0.3 is 0 Å². The molecule has 0 amide bonds. The second kappa shape index (κ2) is 5.58. The normalized spacial score (nSPS) is 18.8. The smallest absolute Gasteiger partial charge is 0.293 e. The molecule has 0 unspecified atom stereocenters. The van der Waals surface area contributed by atoms with E-state index in [9.17, 15) is 4.79 Å². The molecule has 1 aliphatic carbocycles. The highest BCUT2D eigenvalue weighted by Crippen LogP contribution is 2.35. The second-order valence-corrected chi connectivity index (χ2v) is 7.35. The van der Waals surface area contributed by atoms with E-state index in [1.165, 1.54) is 32.1 Å². The van der Waals surface area contributed by atoms with Crippen LogP contribution in [0, 0.1) is 5.41 Å². The van der Waals surface area contributed by atoms with Crippen molar-refractivity contribution in [2.75, 3.05) is 11.9 Å². The first-order valence-electron chi connectivity index (χ1n) is 7.64. The zero-order valence-electron chi connectivity index (χ0n) is 13.2. The summed E-state index contributed by atoms with van der Waals surface area (Å²) in [6.07, 6.45) is 9.88. The third-order valence-electron chi connectivity index (χ3n) is 4.31. The fourth-order valence-corrected chi connectivity index (χ4v) is 2.94. The van der Waals surface area contributed by atoms with E-state index in [-0.39, 0.29) is 11.1 Å².